The minimum absolute atomic E-state index is 0.0299. The van der Waals surface area contributed by atoms with Gasteiger partial charge in [-0.2, -0.15) is 0 Å². The van der Waals surface area contributed by atoms with Crippen LogP contribution < -0.4 is 19.5 Å². The lowest BCUT2D eigenvalue weighted by Gasteiger charge is -2.45. The van der Waals surface area contributed by atoms with E-state index in [-0.39, 0.29) is 42.8 Å². The molecule has 3 aromatic carbocycles. The maximum Gasteiger partial charge on any atom is 0.303 e. The molecule has 10 nitrogen and oxygen atoms in total. The van der Waals surface area contributed by atoms with Gasteiger partial charge in [0, 0.05) is 48.1 Å². The Morgan fingerprint density at radius 2 is 1.49 bits per heavy atom. The Bertz CT molecular complexity index is 1740. The van der Waals surface area contributed by atoms with Crippen LogP contribution >= 0.6 is 15.9 Å². The molecule has 2 amide bonds. The molecule has 2 heterocycles. The number of carbonyl (C=O) groups is 3. The van der Waals surface area contributed by atoms with Crippen LogP contribution in [-0.2, 0) is 14.4 Å². The molecule has 3 aliphatic rings. The molecule has 0 radical (unpaired) electrons. The number of carboxylic acids is 1. The van der Waals surface area contributed by atoms with Crippen molar-refractivity contribution in [2.24, 2.45) is 0 Å². The van der Waals surface area contributed by atoms with Gasteiger partial charge in [0.15, 0.2) is 0 Å². The van der Waals surface area contributed by atoms with Gasteiger partial charge >= 0.3 is 5.97 Å². The zero-order valence-electron chi connectivity index (χ0n) is 29.2. The summed E-state index contributed by atoms with van der Waals surface area (Å²) in [5, 5.41) is 12.7. The second kappa shape index (κ2) is 16.8. The topological polar surface area (TPSA) is 118 Å². The number of ether oxygens (including phenoxy) is 3. The molecule has 2 aliphatic heterocycles. The standard InChI is InChI=1S/C40H46BrN3O7/c1-26-6-13-34(22-27(26)2)49-19-18-44(31-11-12-31)40(48)39-35(23-30-24-43(25-36(39)42-30)37(45)4-3-5-38(46)47)28-7-14-32(15-8-28)50-20-21-51-33-16-9-29(41)10-17-33/h6-10,13-17,22,30-31,36,42H,3-5,11-12,18-21,23-25H2,1-2H3,(H,46,47)/t30-,36-/m1/s1. The van der Waals surface area contributed by atoms with Crippen LogP contribution in [-0.4, -0.2) is 90.3 Å². The van der Waals surface area contributed by atoms with Crippen molar-refractivity contribution in [1.29, 1.82) is 0 Å². The first-order valence-electron chi connectivity index (χ1n) is 17.8. The highest BCUT2D eigenvalue weighted by Crippen LogP contribution is 2.37. The van der Waals surface area contributed by atoms with Crippen LogP contribution in [0.2, 0.25) is 0 Å². The Morgan fingerprint density at radius 1 is 0.843 bits per heavy atom. The first-order chi connectivity index (χ1) is 24.6. The molecule has 51 heavy (non-hydrogen) atoms. The Hall–Kier alpha value is -4.35. The number of rotatable bonds is 16. The zero-order chi connectivity index (χ0) is 35.9. The number of amides is 2. The van der Waals surface area contributed by atoms with Gasteiger partial charge in [0.1, 0.15) is 37.1 Å². The average molecular weight is 761 g/mol. The van der Waals surface area contributed by atoms with Crippen molar-refractivity contribution in [3.63, 3.8) is 0 Å². The van der Waals surface area contributed by atoms with E-state index >= 15 is 0 Å². The number of fused-ring (bicyclic) bond motifs is 2. The number of halogens is 1. The second-order valence-corrected chi connectivity index (χ2v) is 14.5. The van der Waals surface area contributed by atoms with E-state index in [1.165, 1.54) is 5.56 Å². The molecular formula is C40H46BrN3O7. The first-order valence-corrected chi connectivity index (χ1v) is 18.5. The Labute approximate surface area is 307 Å². The fraction of sp³-hybridized carbons (Fsp3) is 0.425. The maximum absolute atomic E-state index is 14.7. The zero-order valence-corrected chi connectivity index (χ0v) is 30.8. The van der Waals surface area contributed by atoms with Gasteiger partial charge < -0.3 is 34.4 Å². The van der Waals surface area contributed by atoms with Crippen molar-refractivity contribution in [1.82, 2.24) is 15.1 Å². The van der Waals surface area contributed by atoms with Crippen molar-refractivity contribution in [2.75, 3.05) is 39.5 Å². The predicted molar refractivity (Wildman–Crippen MR) is 198 cm³/mol. The van der Waals surface area contributed by atoms with Crippen LogP contribution in [0, 0.1) is 13.8 Å². The van der Waals surface area contributed by atoms with E-state index in [4.69, 9.17) is 19.3 Å². The van der Waals surface area contributed by atoms with Crippen LogP contribution in [0.15, 0.2) is 76.8 Å². The van der Waals surface area contributed by atoms with E-state index in [1.54, 1.807) is 4.90 Å². The van der Waals surface area contributed by atoms with Crippen molar-refractivity contribution >= 4 is 39.3 Å². The Kier molecular flexibility index (Phi) is 12.0. The minimum Gasteiger partial charge on any atom is -0.492 e. The molecule has 1 saturated carbocycles. The number of piperazine rings is 1. The van der Waals surface area contributed by atoms with Gasteiger partial charge in [-0.15, -0.1) is 0 Å². The average Bonchev–Trinajstić information content (AvgIpc) is 3.96. The fourth-order valence-corrected chi connectivity index (χ4v) is 7.04. The smallest absolute Gasteiger partial charge is 0.303 e. The third-order valence-electron chi connectivity index (χ3n) is 9.73. The lowest BCUT2D eigenvalue weighted by atomic mass is 9.82. The molecule has 0 aromatic heterocycles. The minimum atomic E-state index is -0.910. The summed E-state index contributed by atoms with van der Waals surface area (Å²) in [5.74, 6) is 1.26. The van der Waals surface area contributed by atoms with Gasteiger partial charge in [-0.05, 0) is 110 Å². The summed E-state index contributed by atoms with van der Waals surface area (Å²) >= 11 is 3.43. The molecular weight excluding hydrogens is 714 g/mol. The molecule has 3 aromatic rings. The molecule has 2 bridgehead atoms. The van der Waals surface area contributed by atoms with Gasteiger partial charge in [0.05, 0.1) is 12.6 Å². The van der Waals surface area contributed by atoms with Crippen molar-refractivity contribution in [3.8, 4) is 17.2 Å². The molecule has 1 aliphatic carbocycles. The van der Waals surface area contributed by atoms with Crippen molar-refractivity contribution < 1.29 is 33.7 Å². The SMILES string of the molecule is Cc1ccc(OCCN(C(=O)C2=C(c3ccc(OCCOc4ccc(Br)cc4)cc3)C[C@@H]3CN(C(=O)CCCC(=O)O)C[C@H]2N3)C2CC2)cc1C. The number of carboxylic acid groups (broad SMARTS) is 1. The van der Waals surface area contributed by atoms with Gasteiger partial charge in [-0.1, -0.05) is 34.1 Å². The largest absolute Gasteiger partial charge is 0.492 e. The first kappa shape index (κ1) is 36.4. The van der Waals surface area contributed by atoms with Gasteiger partial charge in [-0.25, -0.2) is 0 Å². The van der Waals surface area contributed by atoms with E-state index in [0.717, 1.165) is 45.5 Å². The van der Waals surface area contributed by atoms with Crippen LogP contribution in [0.4, 0.5) is 0 Å². The summed E-state index contributed by atoms with van der Waals surface area (Å²) in [5.41, 5.74) is 4.98. The highest BCUT2D eigenvalue weighted by molar-refractivity contribution is 9.10. The number of carbonyl (C=O) groups excluding carboxylic acids is 2. The molecule has 6 rings (SSSR count). The number of benzene rings is 3. The molecule has 11 heteroatoms. The monoisotopic (exact) mass is 759 g/mol. The van der Waals surface area contributed by atoms with Crippen LogP contribution in [0.1, 0.15) is 55.2 Å². The summed E-state index contributed by atoms with van der Waals surface area (Å²) in [6.45, 7) is 6.59. The number of aliphatic carboxylic acids is 1. The lowest BCUT2D eigenvalue weighted by molar-refractivity contribution is -0.138. The van der Waals surface area contributed by atoms with E-state index in [1.807, 2.05) is 71.6 Å². The van der Waals surface area contributed by atoms with Gasteiger partial charge in [0.25, 0.3) is 5.91 Å². The quantitative estimate of drug-likeness (QED) is 0.167. The summed E-state index contributed by atoms with van der Waals surface area (Å²) in [7, 11) is 0. The number of nitrogens with one attached hydrogen (secondary N) is 1. The Morgan fingerprint density at radius 3 is 2.14 bits per heavy atom. The normalized spacial score (nSPS) is 18.3. The van der Waals surface area contributed by atoms with Crippen LogP contribution in [0.25, 0.3) is 5.57 Å². The third-order valence-corrected chi connectivity index (χ3v) is 10.3. The third kappa shape index (κ3) is 9.71. The van der Waals surface area contributed by atoms with Crippen molar-refractivity contribution in [3.05, 3.63) is 93.5 Å². The molecule has 2 atom stereocenters. The molecule has 2 fully saturated rings. The number of aryl methyl sites for hydroxylation is 2. The van der Waals surface area contributed by atoms with Crippen LogP contribution in [0.5, 0.6) is 17.2 Å². The predicted octanol–water partition coefficient (Wildman–Crippen LogP) is 6.17. The summed E-state index contributed by atoms with van der Waals surface area (Å²) in [6.07, 6.45) is 2.90. The second-order valence-electron chi connectivity index (χ2n) is 13.6. The molecule has 270 valence electrons. The molecule has 2 N–H and O–H groups in total. The molecule has 0 unspecified atom stereocenters. The van der Waals surface area contributed by atoms with Crippen molar-refractivity contribution in [2.45, 2.75) is 70.5 Å². The highest BCUT2D eigenvalue weighted by atomic mass is 79.9. The van der Waals surface area contributed by atoms with Crippen LogP contribution in [0.3, 0.4) is 0 Å². The van der Waals surface area contributed by atoms with Gasteiger partial charge in [-0.3, -0.25) is 14.4 Å². The highest BCUT2D eigenvalue weighted by Gasteiger charge is 2.43. The molecule has 0 spiro atoms. The number of hydrogen-bond acceptors (Lipinski definition) is 7. The molecule has 1 saturated heterocycles. The van der Waals surface area contributed by atoms with E-state index in [9.17, 15) is 14.4 Å². The van der Waals surface area contributed by atoms with E-state index in [2.05, 4.69) is 35.1 Å². The lowest BCUT2D eigenvalue weighted by Crippen LogP contribution is -2.62. The fourth-order valence-electron chi connectivity index (χ4n) is 6.78. The number of nitrogens with zero attached hydrogens (tertiary/aromatic N) is 2. The van der Waals surface area contributed by atoms with E-state index < -0.39 is 5.97 Å². The van der Waals surface area contributed by atoms with E-state index in [0.29, 0.717) is 63.6 Å². The summed E-state index contributed by atoms with van der Waals surface area (Å²) in [6, 6.07) is 21.3. The summed E-state index contributed by atoms with van der Waals surface area (Å²) in [4.78, 5) is 42.7. The maximum atomic E-state index is 14.7. The van der Waals surface area contributed by atoms with Gasteiger partial charge in [0.2, 0.25) is 5.91 Å². The number of hydrogen-bond donors (Lipinski definition) is 2. The Balaban J connectivity index is 1.19. The summed E-state index contributed by atoms with van der Waals surface area (Å²) < 4.78 is 18.9.